The monoisotopic (exact) mass is 396 g/mol. The third-order valence-electron chi connectivity index (χ3n) is 5.00. The number of carbonyl (C=O) groups excluding carboxylic acids is 1. The van der Waals surface area contributed by atoms with Crippen molar-refractivity contribution in [2.24, 2.45) is 0 Å². The Bertz CT molecular complexity index is 757. The molecular weight excluding hydrogens is 368 g/mol. The summed E-state index contributed by atoms with van der Waals surface area (Å²) >= 11 is 0. The maximum absolute atomic E-state index is 12.5. The van der Waals surface area contributed by atoms with Gasteiger partial charge in [-0.1, -0.05) is 26.0 Å². The number of hydrogen-bond acceptors (Lipinski definition) is 4. The van der Waals surface area contributed by atoms with E-state index in [-0.39, 0.29) is 17.2 Å². The predicted molar refractivity (Wildman–Crippen MR) is 102 cm³/mol. The molecule has 150 valence electrons. The Kier molecular flexibility index (Phi) is 7.38. The second-order valence-electron chi connectivity index (χ2n) is 6.67. The normalized spacial score (nSPS) is 17.9. The summed E-state index contributed by atoms with van der Waals surface area (Å²) in [6, 6.07) is 5.83. The lowest BCUT2D eigenvalue weighted by Crippen LogP contribution is -2.48. The first-order valence-electron chi connectivity index (χ1n) is 9.42. The molecule has 1 unspecified atom stereocenters. The van der Waals surface area contributed by atoms with E-state index in [1.54, 1.807) is 38.1 Å². The topological polar surface area (TPSA) is 95.0 Å². The molecule has 1 N–H and O–H groups in total. The Hall–Kier alpha value is -1.93. The molecule has 1 amide bonds. The molecule has 7 nitrogen and oxygen atoms in total. The Morgan fingerprint density at radius 2 is 1.78 bits per heavy atom. The fourth-order valence-electron chi connectivity index (χ4n) is 3.42. The maximum atomic E-state index is 12.5. The second-order valence-corrected chi connectivity index (χ2v) is 8.61. The van der Waals surface area contributed by atoms with Crippen LogP contribution in [0.15, 0.2) is 29.2 Å². The zero-order valence-corrected chi connectivity index (χ0v) is 16.7. The minimum absolute atomic E-state index is 0.165. The number of carboxylic acids is 1. The van der Waals surface area contributed by atoms with Gasteiger partial charge in [-0.05, 0) is 43.4 Å². The first kappa shape index (κ1) is 21.4. The van der Waals surface area contributed by atoms with E-state index < -0.39 is 22.0 Å². The molecule has 1 aromatic rings. The molecule has 0 saturated carbocycles. The number of benzene rings is 1. The van der Waals surface area contributed by atoms with Crippen LogP contribution in [0, 0.1) is 0 Å². The number of carbonyl (C=O) groups is 2. The second kappa shape index (κ2) is 9.32. The third-order valence-corrected chi connectivity index (χ3v) is 7.07. The highest BCUT2D eigenvalue weighted by Crippen LogP contribution is 2.20. The highest BCUT2D eigenvalue weighted by Gasteiger charge is 2.31. The highest BCUT2D eigenvalue weighted by molar-refractivity contribution is 7.89. The smallest absolute Gasteiger partial charge is 0.326 e. The molecule has 2 rings (SSSR count). The lowest BCUT2D eigenvalue weighted by atomic mass is 10.0. The minimum Gasteiger partial charge on any atom is -0.480 e. The lowest BCUT2D eigenvalue weighted by molar-refractivity contribution is -0.152. The molecule has 0 aliphatic carbocycles. The summed E-state index contributed by atoms with van der Waals surface area (Å²) in [7, 11) is -3.49. The van der Waals surface area contributed by atoms with Crippen LogP contribution in [0.25, 0.3) is 0 Å². The summed E-state index contributed by atoms with van der Waals surface area (Å²) in [5.41, 5.74) is 0.853. The summed E-state index contributed by atoms with van der Waals surface area (Å²) < 4.78 is 26.4. The van der Waals surface area contributed by atoms with Crippen LogP contribution in [-0.4, -0.2) is 60.3 Å². The molecular formula is C19H28N2O5S. The fourth-order valence-corrected chi connectivity index (χ4v) is 4.88. The summed E-state index contributed by atoms with van der Waals surface area (Å²) in [5, 5.41) is 9.28. The van der Waals surface area contributed by atoms with Gasteiger partial charge < -0.3 is 10.0 Å². The zero-order valence-electron chi connectivity index (χ0n) is 15.9. The molecule has 8 heteroatoms. The number of aryl methyl sites for hydroxylation is 1. The van der Waals surface area contributed by atoms with Gasteiger partial charge >= 0.3 is 5.97 Å². The van der Waals surface area contributed by atoms with E-state index >= 15 is 0 Å². The van der Waals surface area contributed by atoms with Crippen LogP contribution in [0.5, 0.6) is 0 Å². The van der Waals surface area contributed by atoms with Gasteiger partial charge in [-0.25, -0.2) is 13.2 Å². The van der Waals surface area contributed by atoms with Gasteiger partial charge in [0.15, 0.2) is 0 Å². The van der Waals surface area contributed by atoms with Crippen molar-refractivity contribution >= 4 is 21.9 Å². The van der Waals surface area contributed by atoms with Crippen molar-refractivity contribution in [1.29, 1.82) is 0 Å². The average Bonchev–Trinajstić information content (AvgIpc) is 2.67. The molecule has 1 fully saturated rings. The number of rotatable bonds is 8. The van der Waals surface area contributed by atoms with Gasteiger partial charge in [0.2, 0.25) is 15.9 Å². The van der Waals surface area contributed by atoms with Crippen molar-refractivity contribution in [3.8, 4) is 0 Å². The van der Waals surface area contributed by atoms with Gasteiger partial charge in [-0.2, -0.15) is 4.31 Å². The molecule has 1 aromatic carbocycles. The van der Waals surface area contributed by atoms with Crippen LogP contribution in [0.2, 0.25) is 0 Å². The average molecular weight is 397 g/mol. The van der Waals surface area contributed by atoms with Crippen LogP contribution in [0.4, 0.5) is 0 Å². The van der Waals surface area contributed by atoms with Gasteiger partial charge in [0.25, 0.3) is 0 Å². The Morgan fingerprint density at radius 3 is 2.33 bits per heavy atom. The summed E-state index contributed by atoms with van der Waals surface area (Å²) in [6.45, 7) is 4.90. The number of sulfonamides is 1. The molecule has 1 aliphatic rings. The quantitative estimate of drug-likeness (QED) is 0.726. The fraction of sp³-hybridized carbons (Fsp3) is 0.579. The van der Waals surface area contributed by atoms with Gasteiger partial charge in [0, 0.05) is 26.1 Å². The van der Waals surface area contributed by atoms with Gasteiger partial charge in [-0.3, -0.25) is 4.79 Å². The molecule has 1 saturated heterocycles. The number of piperidine rings is 1. The van der Waals surface area contributed by atoms with E-state index in [1.165, 1.54) is 9.21 Å². The number of aliphatic carboxylic acids is 1. The van der Waals surface area contributed by atoms with Crippen molar-refractivity contribution < 1.29 is 23.1 Å². The largest absolute Gasteiger partial charge is 0.480 e. The summed E-state index contributed by atoms with van der Waals surface area (Å²) in [5.74, 6) is -1.11. The predicted octanol–water partition coefficient (Wildman–Crippen LogP) is 2.12. The molecule has 1 heterocycles. The zero-order chi connectivity index (χ0) is 20.0. The maximum Gasteiger partial charge on any atom is 0.326 e. The lowest BCUT2D eigenvalue weighted by Gasteiger charge is -2.33. The number of amides is 1. The number of likely N-dealkylation sites (tertiary alicyclic amines) is 1. The minimum atomic E-state index is -3.49. The molecule has 0 radical (unpaired) electrons. The van der Waals surface area contributed by atoms with E-state index in [0.717, 1.165) is 18.4 Å². The van der Waals surface area contributed by atoms with Crippen LogP contribution in [0.1, 0.15) is 45.1 Å². The summed E-state index contributed by atoms with van der Waals surface area (Å²) in [4.78, 5) is 25.5. The third kappa shape index (κ3) is 5.07. The molecule has 0 spiro atoms. The highest BCUT2D eigenvalue weighted by atomic mass is 32.2. The first-order valence-corrected chi connectivity index (χ1v) is 10.9. The Balaban J connectivity index is 2.00. The molecule has 27 heavy (non-hydrogen) atoms. The SMILES string of the molecule is CCN(CC)S(=O)(=O)c1ccc(CCC(=O)N2CCCCC2C(=O)O)cc1. The van der Waals surface area contributed by atoms with E-state index in [9.17, 15) is 23.1 Å². The van der Waals surface area contributed by atoms with Crippen LogP contribution in [0.3, 0.4) is 0 Å². The van der Waals surface area contributed by atoms with E-state index in [1.807, 2.05) is 0 Å². The van der Waals surface area contributed by atoms with Crippen molar-refractivity contribution in [3.05, 3.63) is 29.8 Å². The van der Waals surface area contributed by atoms with Crippen LogP contribution in [-0.2, 0) is 26.0 Å². The van der Waals surface area contributed by atoms with Gasteiger partial charge in [-0.15, -0.1) is 0 Å². The molecule has 0 aromatic heterocycles. The summed E-state index contributed by atoms with van der Waals surface area (Å²) in [6.07, 6.45) is 2.81. The van der Waals surface area contributed by atoms with Crippen molar-refractivity contribution in [2.75, 3.05) is 19.6 Å². The van der Waals surface area contributed by atoms with Crippen molar-refractivity contribution in [1.82, 2.24) is 9.21 Å². The van der Waals surface area contributed by atoms with Crippen molar-refractivity contribution in [2.45, 2.75) is 56.9 Å². The number of hydrogen-bond donors (Lipinski definition) is 1. The van der Waals surface area contributed by atoms with Crippen LogP contribution >= 0.6 is 0 Å². The Labute approximate surface area is 161 Å². The standard InChI is InChI=1S/C19H28N2O5S/c1-3-20(4-2)27(25,26)16-11-8-15(9-12-16)10-13-18(22)21-14-6-5-7-17(21)19(23)24/h8-9,11-12,17H,3-7,10,13-14H2,1-2H3,(H,23,24). The van der Waals surface area contributed by atoms with Crippen molar-refractivity contribution in [3.63, 3.8) is 0 Å². The Morgan fingerprint density at radius 1 is 1.15 bits per heavy atom. The first-order chi connectivity index (χ1) is 12.8. The van der Waals surface area contributed by atoms with Crippen LogP contribution < -0.4 is 0 Å². The number of carboxylic acid groups (broad SMARTS) is 1. The van der Waals surface area contributed by atoms with E-state index in [0.29, 0.717) is 32.5 Å². The van der Waals surface area contributed by atoms with E-state index in [2.05, 4.69) is 0 Å². The van der Waals surface area contributed by atoms with Gasteiger partial charge in [0.1, 0.15) is 6.04 Å². The molecule has 1 atom stereocenters. The van der Waals surface area contributed by atoms with E-state index in [4.69, 9.17) is 0 Å². The molecule has 1 aliphatic heterocycles. The molecule has 0 bridgehead atoms. The van der Waals surface area contributed by atoms with Gasteiger partial charge in [0.05, 0.1) is 4.90 Å². The number of nitrogens with zero attached hydrogens (tertiary/aromatic N) is 2.